The van der Waals surface area contributed by atoms with E-state index in [-0.39, 0.29) is 5.54 Å². The SMILES string of the molecule is CC(NCC(C)(C)N1CCOCC1)C1CCCC1. The van der Waals surface area contributed by atoms with Crippen LogP contribution in [0, 0.1) is 5.92 Å². The second-order valence-corrected chi connectivity index (χ2v) is 6.63. The Kier molecular flexibility index (Phi) is 5.05. The van der Waals surface area contributed by atoms with Crippen molar-refractivity contribution < 1.29 is 4.74 Å². The third kappa shape index (κ3) is 3.69. The third-order valence-electron chi connectivity index (χ3n) is 4.83. The van der Waals surface area contributed by atoms with E-state index in [1.54, 1.807) is 0 Å². The molecule has 1 heterocycles. The Bertz CT molecular complexity index is 243. The van der Waals surface area contributed by atoms with Gasteiger partial charge in [-0.1, -0.05) is 12.8 Å². The van der Waals surface area contributed by atoms with Crippen molar-refractivity contribution in [3.63, 3.8) is 0 Å². The number of hydrogen-bond acceptors (Lipinski definition) is 3. The molecule has 2 rings (SSSR count). The number of nitrogens with one attached hydrogen (secondary N) is 1. The molecular formula is C15H30N2O. The Labute approximate surface area is 112 Å². The number of morpholine rings is 1. The molecule has 3 heteroatoms. The first-order valence-electron chi connectivity index (χ1n) is 7.66. The summed E-state index contributed by atoms with van der Waals surface area (Å²) in [6, 6.07) is 0.674. The molecule has 1 saturated carbocycles. The smallest absolute Gasteiger partial charge is 0.0594 e. The first kappa shape index (κ1) is 14.3. The van der Waals surface area contributed by atoms with Crippen LogP contribution in [0.15, 0.2) is 0 Å². The van der Waals surface area contributed by atoms with Crippen LogP contribution in [0.5, 0.6) is 0 Å². The fraction of sp³-hybridized carbons (Fsp3) is 1.00. The maximum absolute atomic E-state index is 5.44. The number of rotatable bonds is 5. The Balaban J connectivity index is 1.76. The molecular weight excluding hydrogens is 224 g/mol. The fourth-order valence-corrected chi connectivity index (χ4v) is 3.32. The summed E-state index contributed by atoms with van der Waals surface area (Å²) in [7, 11) is 0. The van der Waals surface area contributed by atoms with Gasteiger partial charge in [0.25, 0.3) is 0 Å². The Hall–Kier alpha value is -0.120. The van der Waals surface area contributed by atoms with Crippen molar-refractivity contribution in [1.29, 1.82) is 0 Å². The maximum Gasteiger partial charge on any atom is 0.0594 e. The molecule has 0 spiro atoms. The fourth-order valence-electron chi connectivity index (χ4n) is 3.32. The van der Waals surface area contributed by atoms with E-state index in [4.69, 9.17) is 4.74 Å². The summed E-state index contributed by atoms with van der Waals surface area (Å²) < 4.78 is 5.44. The molecule has 0 aromatic carbocycles. The van der Waals surface area contributed by atoms with E-state index in [2.05, 4.69) is 31.0 Å². The molecule has 2 fully saturated rings. The summed E-state index contributed by atoms with van der Waals surface area (Å²) in [5, 5.41) is 3.78. The topological polar surface area (TPSA) is 24.5 Å². The van der Waals surface area contributed by atoms with Gasteiger partial charge in [0.05, 0.1) is 13.2 Å². The molecule has 2 aliphatic rings. The predicted molar refractivity (Wildman–Crippen MR) is 75.9 cm³/mol. The molecule has 0 bridgehead atoms. The molecule has 1 saturated heterocycles. The van der Waals surface area contributed by atoms with Crippen LogP contribution in [0.25, 0.3) is 0 Å². The van der Waals surface area contributed by atoms with Gasteiger partial charge in [-0.05, 0) is 39.5 Å². The van der Waals surface area contributed by atoms with Crippen molar-refractivity contribution in [2.45, 2.75) is 58.0 Å². The van der Waals surface area contributed by atoms with Gasteiger partial charge in [0.1, 0.15) is 0 Å². The predicted octanol–water partition coefficient (Wildman–Crippen LogP) is 2.27. The second kappa shape index (κ2) is 6.36. The summed E-state index contributed by atoms with van der Waals surface area (Å²) in [4.78, 5) is 2.56. The zero-order chi connectivity index (χ0) is 13.0. The Morgan fingerprint density at radius 2 is 1.83 bits per heavy atom. The Morgan fingerprint density at radius 1 is 1.22 bits per heavy atom. The largest absolute Gasteiger partial charge is 0.379 e. The quantitative estimate of drug-likeness (QED) is 0.814. The van der Waals surface area contributed by atoms with Crippen LogP contribution in [0.1, 0.15) is 46.5 Å². The highest BCUT2D eigenvalue weighted by molar-refractivity contribution is 4.87. The van der Waals surface area contributed by atoms with Crippen LogP contribution in [0.4, 0.5) is 0 Å². The minimum absolute atomic E-state index is 0.247. The standard InChI is InChI=1S/C15H30N2O/c1-13(14-6-4-5-7-14)16-12-15(2,3)17-8-10-18-11-9-17/h13-14,16H,4-12H2,1-3H3. The summed E-state index contributed by atoms with van der Waals surface area (Å²) in [6.07, 6.45) is 5.71. The van der Waals surface area contributed by atoms with Gasteiger partial charge in [0.2, 0.25) is 0 Å². The minimum atomic E-state index is 0.247. The van der Waals surface area contributed by atoms with Crippen LogP contribution in [0.2, 0.25) is 0 Å². The van der Waals surface area contributed by atoms with Gasteiger partial charge in [0, 0.05) is 31.2 Å². The van der Waals surface area contributed by atoms with E-state index in [9.17, 15) is 0 Å². The molecule has 0 amide bonds. The van der Waals surface area contributed by atoms with Gasteiger partial charge >= 0.3 is 0 Å². The van der Waals surface area contributed by atoms with Gasteiger partial charge in [-0.25, -0.2) is 0 Å². The lowest BCUT2D eigenvalue weighted by atomic mass is 9.97. The van der Waals surface area contributed by atoms with Crippen LogP contribution in [-0.4, -0.2) is 49.3 Å². The first-order chi connectivity index (χ1) is 8.59. The number of ether oxygens (including phenoxy) is 1. The molecule has 18 heavy (non-hydrogen) atoms. The van der Waals surface area contributed by atoms with Gasteiger partial charge in [-0.3, -0.25) is 4.90 Å². The van der Waals surface area contributed by atoms with E-state index in [1.165, 1.54) is 25.7 Å². The monoisotopic (exact) mass is 254 g/mol. The molecule has 1 aliphatic heterocycles. The lowest BCUT2D eigenvalue weighted by Gasteiger charge is -2.42. The molecule has 0 aromatic rings. The molecule has 3 nitrogen and oxygen atoms in total. The minimum Gasteiger partial charge on any atom is -0.379 e. The summed E-state index contributed by atoms with van der Waals surface area (Å²) in [5.74, 6) is 0.908. The normalized spacial score (nSPS) is 25.5. The van der Waals surface area contributed by atoms with E-state index in [0.717, 1.165) is 38.8 Å². The van der Waals surface area contributed by atoms with Gasteiger partial charge in [0.15, 0.2) is 0 Å². The van der Waals surface area contributed by atoms with E-state index >= 15 is 0 Å². The second-order valence-electron chi connectivity index (χ2n) is 6.63. The van der Waals surface area contributed by atoms with Crippen molar-refractivity contribution in [3.8, 4) is 0 Å². The summed E-state index contributed by atoms with van der Waals surface area (Å²) >= 11 is 0. The number of hydrogen-bond donors (Lipinski definition) is 1. The highest BCUT2D eigenvalue weighted by atomic mass is 16.5. The molecule has 1 atom stereocenters. The molecule has 1 aliphatic carbocycles. The summed E-state index contributed by atoms with van der Waals surface area (Å²) in [5.41, 5.74) is 0.247. The number of nitrogens with zero attached hydrogens (tertiary/aromatic N) is 1. The Morgan fingerprint density at radius 3 is 2.44 bits per heavy atom. The average Bonchev–Trinajstić information content (AvgIpc) is 2.91. The average molecular weight is 254 g/mol. The lowest BCUT2D eigenvalue weighted by Crippen LogP contribution is -2.56. The zero-order valence-electron chi connectivity index (χ0n) is 12.4. The van der Waals surface area contributed by atoms with E-state index < -0.39 is 0 Å². The highest BCUT2D eigenvalue weighted by Gasteiger charge is 2.29. The van der Waals surface area contributed by atoms with Gasteiger partial charge in [-0.15, -0.1) is 0 Å². The van der Waals surface area contributed by atoms with Crippen LogP contribution >= 0.6 is 0 Å². The van der Waals surface area contributed by atoms with Crippen molar-refractivity contribution in [3.05, 3.63) is 0 Å². The van der Waals surface area contributed by atoms with E-state index in [1.807, 2.05) is 0 Å². The zero-order valence-corrected chi connectivity index (χ0v) is 12.4. The first-order valence-corrected chi connectivity index (χ1v) is 7.66. The lowest BCUT2D eigenvalue weighted by molar-refractivity contribution is -0.0107. The molecule has 0 radical (unpaired) electrons. The van der Waals surface area contributed by atoms with Crippen molar-refractivity contribution in [2.75, 3.05) is 32.8 Å². The van der Waals surface area contributed by atoms with Gasteiger partial charge < -0.3 is 10.1 Å². The third-order valence-corrected chi connectivity index (χ3v) is 4.83. The molecule has 0 aromatic heterocycles. The van der Waals surface area contributed by atoms with Crippen LogP contribution in [-0.2, 0) is 4.74 Å². The van der Waals surface area contributed by atoms with Crippen LogP contribution in [0.3, 0.4) is 0 Å². The molecule has 1 N–H and O–H groups in total. The van der Waals surface area contributed by atoms with Crippen molar-refractivity contribution >= 4 is 0 Å². The van der Waals surface area contributed by atoms with E-state index in [0.29, 0.717) is 6.04 Å². The van der Waals surface area contributed by atoms with Crippen molar-refractivity contribution in [1.82, 2.24) is 10.2 Å². The van der Waals surface area contributed by atoms with Crippen LogP contribution < -0.4 is 5.32 Å². The van der Waals surface area contributed by atoms with Crippen molar-refractivity contribution in [2.24, 2.45) is 5.92 Å². The molecule has 106 valence electrons. The van der Waals surface area contributed by atoms with Gasteiger partial charge in [-0.2, -0.15) is 0 Å². The molecule has 1 unspecified atom stereocenters. The highest BCUT2D eigenvalue weighted by Crippen LogP contribution is 2.27. The summed E-state index contributed by atoms with van der Waals surface area (Å²) in [6.45, 7) is 12.1. The maximum atomic E-state index is 5.44.